The summed E-state index contributed by atoms with van der Waals surface area (Å²) < 4.78 is 16.9. The number of carbonyl (C=O) groups excluding carboxylic acids is 3. The van der Waals surface area contributed by atoms with Crippen LogP contribution in [-0.2, 0) is 20.8 Å². The molecule has 0 saturated carbocycles. The lowest BCUT2D eigenvalue weighted by molar-refractivity contribution is 0.0635. The minimum Gasteiger partial charge on any atom is -0.463 e. The first kappa shape index (κ1) is 35.2. The molecule has 0 bridgehead atoms. The van der Waals surface area contributed by atoms with Crippen LogP contribution < -0.4 is 16.0 Å². The monoisotopic (exact) mass is 670 g/mol. The molecule has 5 rings (SSSR count). The van der Waals surface area contributed by atoms with Crippen LogP contribution in [0.2, 0.25) is 0 Å². The highest BCUT2D eigenvalue weighted by molar-refractivity contribution is 6.06. The number of hydrogen-bond donors (Lipinski definition) is 3. The predicted octanol–water partition coefficient (Wildman–Crippen LogP) is 6.01. The summed E-state index contributed by atoms with van der Waals surface area (Å²) in [4.78, 5) is 45.6. The Morgan fingerprint density at radius 1 is 0.918 bits per heavy atom. The summed E-state index contributed by atoms with van der Waals surface area (Å²) in [6, 6.07) is 13.7. The molecule has 1 saturated heterocycles. The first-order valence-corrected chi connectivity index (χ1v) is 16.6. The van der Waals surface area contributed by atoms with Crippen molar-refractivity contribution in [3.05, 3.63) is 108 Å². The molecule has 1 fully saturated rings. The first-order valence-electron chi connectivity index (χ1n) is 16.6. The van der Waals surface area contributed by atoms with Gasteiger partial charge in [0.25, 0.3) is 5.91 Å². The van der Waals surface area contributed by atoms with Crippen LogP contribution in [0, 0.1) is 0 Å². The molecule has 2 aliphatic heterocycles. The van der Waals surface area contributed by atoms with E-state index in [0.717, 1.165) is 56.7 Å². The molecule has 1 aliphatic carbocycles. The van der Waals surface area contributed by atoms with Gasteiger partial charge in [0.05, 0.1) is 11.4 Å². The summed E-state index contributed by atoms with van der Waals surface area (Å²) in [5.74, 6) is 0.447. The summed E-state index contributed by atoms with van der Waals surface area (Å²) in [5, 5.41) is 8.44. The van der Waals surface area contributed by atoms with Gasteiger partial charge >= 0.3 is 12.1 Å². The lowest BCUT2D eigenvalue weighted by Gasteiger charge is -2.34. The van der Waals surface area contributed by atoms with Gasteiger partial charge in [-0.05, 0) is 76.1 Å². The number of anilines is 2. The van der Waals surface area contributed by atoms with E-state index in [0.29, 0.717) is 35.8 Å². The van der Waals surface area contributed by atoms with Crippen molar-refractivity contribution >= 4 is 29.4 Å². The van der Waals surface area contributed by atoms with Gasteiger partial charge in [-0.15, -0.1) is 0 Å². The zero-order valence-corrected chi connectivity index (χ0v) is 28.7. The van der Waals surface area contributed by atoms with E-state index in [1.807, 2.05) is 24.3 Å². The van der Waals surface area contributed by atoms with Gasteiger partial charge < -0.3 is 29.3 Å². The van der Waals surface area contributed by atoms with E-state index in [4.69, 9.17) is 14.2 Å². The Balaban J connectivity index is 1.22. The van der Waals surface area contributed by atoms with Crippen LogP contribution in [0.5, 0.6) is 0 Å². The number of ether oxygens (including phenoxy) is 3. The lowest BCUT2D eigenvalue weighted by atomic mass is 10.0. The molecular formula is C37H46N6O6. The number of rotatable bonds is 10. The van der Waals surface area contributed by atoms with Gasteiger partial charge in [-0.3, -0.25) is 20.3 Å². The van der Waals surface area contributed by atoms with Gasteiger partial charge in [0.15, 0.2) is 12.0 Å². The van der Waals surface area contributed by atoms with Crippen molar-refractivity contribution in [3.63, 3.8) is 0 Å². The standard InChI is InChI=1S/C37H46N6O6/c1-37(2,3)49-36(46)39-31-13-9-8-12-30(31)38-34(44)29-16-14-27(15-17-29)24-43(23-22-42-20-18-41(4)19-21-42)35(45)40-33-26-47-25-32(48-33)28-10-6-5-7-11-28/h5-6,8-10,12-17,25-26H,7,11,18-24H2,1-4H3,(H,38,44)(H,39,46)(H,40,45). The smallest absolute Gasteiger partial charge is 0.412 e. The normalized spacial score (nSPS) is 16.6. The number of nitrogens with zero attached hydrogens (tertiary/aromatic N) is 3. The maximum atomic E-state index is 13.7. The topological polar surface area (TPSA) is 125 Å². The minimum absolute atomic E-state index is 0.219. The van der Waals surface area contributed by atoms with E-state index >= 15 is 0 Å². The van der Waals surface area contributed by atoms with E-state index in [1.54, 1.807) is 68.3 Å². The molecule has 260 valence electrons. The molecule has 2 aromatic rings. The van der Waals surface area contributed by atoms with Crippen LogP contribution in [0.25, 0.3) is 0 Å². The third kappa shape index (κ3) is 10.7. The second kappa shape index (κ2) is 16.4. The van der Waals surface area contributed by atoms with E-state index < -0.39 is 11.7 Å². The van der Waals surface area contributed by atoms with Crippen molar-refractivity contribution in [3.8, 4) is 0 Å². The number of piperazine rings is 1. The molecule has 0 atom stereocenters. The number of hydrogen-bond acceptors (Lipinski definition) is 8. The number of para-hydroxylation sites is 2. The van der Waals surface area contributed by atoms with Crippen molar-refractivity contribution < 1.29 is 28.6 Å². The summed E-state index contributed by atoms with van der Waals surface area (Å²) in [7, 11) is 2.11. The van der Waals surface area contributed by atoms with E-state index in [2.05, 4.69) is 38.9 Å². The molecule has 3 aliphatic rings. The Bertz CT molecular complexity index is 1620. The number of amides is 4. The Morgan fingerprint density at radius 2 is 1.63 bits per heavy atom. The second-order valence-corrected chi connectivity index (χ2v) is 13.2. The fourth-order valence-corrected chi connectivity index (χ4v) is 5.39. The van der Waals surface area contributed by atoms with Crippen LogP contribution in [0.1, 0.15) is 49.5 Å². The average Bonchev–Trinajstić information content (AvgIpc) is 3.08. The van der Waals surface area contributed by atoms with Crippen LogP contribution in [0.4, 0.5) is 21.0 Å². The third-order valence-electron chi connectivity index (χ3n) is 8.10. The van der Waals surface area contributed by atoms with Gasteiger partial charge in [0.2, 0.25) is 5.88 Å². The van der Waals surface area contributed by atoms with E-state index in [-0.39, 0.29) is 17.8 Å². The van der Waals surface area contributed by atoms with Crippen molar-refractivity contribution in [1.29, 1.82) is 0 Å². The fourth-order valence-electron chi connectivity index (χ4n) is 5.39. The predicted molar refractivity (Wildman–Crippen MR) is 188 cm³/mol. The van der Waals surface area contributed by atoms with Gasteiger partial charge in [-0.1, -0.05) is 42.5 Å². The molecule has 0 radical (unpaired) electrons. The molecule has 4 amide bonds. The van der Waals surface area contributed by atoms with Crippen molar-refractivity contribution in [2.75, 3.05) is 56.9 Å². The van der Waals surface area contributed by atoms with Gasteiger partial charge in [-0.25, -0.2) is 9.59 Å². The van der Waals surface area contributed by atoms with Crippen LogP contribution in [0.15, 0.2) is 96.5 Å². The summed E-state index contributed by atoms with van der Waals surface area (Å²) in [6.45, 7) is 10.7. The quantitative estimate of drug-likeness (QED) is 0.281. The molecule has 3 N–H and O–H groups in total. The Labute approximate surface area is 288 Å². The molecular weight excluding hydrogens is 624 g/mol. The SMILES string of the molecule is CN1CCN(CCN(Cc2ccc(C(=O)Nc3ccccc3NC(=O)OC(C)(C)C)cc2)C(=O)NC2=COC=C(C3=CC=CCC3)O2)CC1. The Kier molecular flexibility index (Phi) is 11.8. The molecule has 0 spiro atoms. The summed E-state index contributed by atoms with van der Waals surface area (Å²) >= 11 is 0. The third-order valence-corrected chi connectivity index (χ3v) is 8.10. The molecule has 0 aromatic heterocycles. The lowest BCUT2D eigenvalue weighted by Crippen LogP contribution is -2.48. The molecule has 49 heavy (non-hydrogen) atoms. The molecule has 0 unspecified atom stereocenters. The highest BCUT2D eigenvalue weighted by Crippen LogP contribution is 2.26. The Hall–Kier alpha value is -5.07. The van der Waals surface area contributed by atoms with E-state index in [9.17, 15) is 14.4 Å². The average molecular weight is 671 g/mol. The van der Waals surface area contributed by atoms with Crippen LogP contribution in [-0.4, -0.2) is 84.6 Å². The second-order valence-electron chi connectivity index (χ2n) is 13.2. The fraction of sp³-hybridized carbons (Fsp3) is 0.378. The number of allylic oxidation sites excluding steroid dienone is 4. The van der Waals surface area contributed by atoms with Crippen molar-refractivity contribution in [1.82, 2.24) is 20.0 Å². The largest absolute Gasteiger partial charge is 0.463 e. The minimum atomic E-state index is -0.661. The Morgan fingerprint density at radius 3 is 2.31 bits per heavy atom. The number of benzene rings is 2. The maximum absolute atomic E-state index is 13.7. The van der Waals surface area contributed by atoms with Crippen LogP contribution in [0.3, 0.4) is 0 Å². The highest BCUT2D eigenvalue weighted by atomic mass is 16.6. The molecule has 2 heterocycles. The molecule has 12 heteroatoms. The van der Waals surface area contributed by atoms with Crippen molar-refractivity contribution in [2.45, 2.75) is 45.8 Å². The number of urea groups is 1. The van der Waals surface area contributed by atoms with E-state index in [1.165, 1.54) is 6.26 Å². The van der Waals surface area contributed by atoms with Gasteiger partial charge in [0, 0.05) is 51.4 Å². The number of carbonyl (C=O) groups is 3. The van der Waals surface area contributed by atoms with Crippen LogP contribution >= 0.6 is 0 Å². The van der Waals surface area contributed by atoms with Crippen molar-refractivity contribution in [2.24, 2.45) is 0 Å². The highest BCUT2D eigenvalue weighted by Gasteiger charge is 2.23. The maximum Gasteiger partial charge on any atom is 0.412 e. The first-order chi connectivity index (χ1) is 23.5. The zero-order chi connectivity index (χ0) is 34.8. The molecule has 2 aromatic carbocycles. The summed E-state index contributed by atoms with van der Waals surface area (Å²) in [5.41, 5.74) is 2.47. The van der Waals surface area contributed by atoms with Gasteiger partial charge in [-0.2, -0.15) is 0 Å². The van der Waals surface area contributed by atoms with Gasteiger partial charge in [0.1, 0.15) is 11.9 Å². The number of nitrogens with one attached hydrogen (secondary N) is 3. The number of likely N-dealkylation sites (N-methyl/N-ethyl adjacent to an activating group) is 1. The zero-order valence-electron chi connectivity index (χ0n) is 28.7. The molecule has 12 nitrogen and oxygen atoms in total. The summed E-state index contributed by atoms with van der Waals surface area (Å²) in [6.07, 6.45) is 10.1.